The minimum absolute atomic E-state index is 0.100. The molecule has 0 bridgehead atoms. The molecule has 3 atom stereocenters. The molecule has 3 unspecified atom stereocenters. The summed E-state index contributed by atoms with van der Waals surface area (Å²) in [6.07, 6.45) is 5.98. The largest absolute Gasteiger partial charge is 0.496 e. The van der Waals surface area contributed by atoms with Crippen LogP contribution in [-0.4, -0.2) is 36.1 Å². The summed E-state index contributed by atoms with van der Waals surface area (Å²) in [5, 5.41) is 19.5. The van der Waals surface area contributed by atoms with E-state index < -0.39 is 6.10 Å². The molecule has 1 fully saturated rings. The van der Waals surface area contributed by atoms with Crippen LogP contribution in [0.4, 0.5) is 0 Å². The van der Waals surface area contributed by atoms with E-state index in [1.165, 1.54) is 0 Å². The third-order valence-corrected chi connectivity index (χ3v) is 4.75. The van der Waals surface area contributed by atoms with Crippen molar-refractivity contribution in [3.8, 4) is 18.1 Å². The van der Waals surface area contributed by atoms with Crippen molar-refractivity contribution in [3.63, 3.8) is 0 Å². The van der Waals surface area contributed by atoms with Crippen LogP contribution in [0.25, 0.3) is 0 Å². The molecule has 4 nitrogen and oxygen atoms in total. The van der Waals surface area contributed by atoms with Gasteiger partial charge in [-0.05, 0) is 41.8 Å². The van der Waals surface area contributed by atoms with Gasteiger partial charge >= 0.3 is 0 Å². The second kappa shape index (κ2) is 8.37. The Morgan fingerprint density at radius 2 is 1.88 bits per heavy atom. The van der Waals surface area contributed by atoms with Crippen LogP contribution in [-0.2, 0) is 11.2 Å². The standard InChI is InChI=1S/C22H24O4/c1-3-15-4-6-16(7-5-15)10-17-8-9-21(25-2)20(11-17)22-13-18(24)12-19(14-23)26-22/h1,4-9,11,18-19,22-24H,10,12-14H2,2H3. The lowest BCUT2D eigenvalue weighted by molar-refractivity contribution is -0.114. The van der Waals surface area contributed by atoms with Crippen LogP contribution in [0.15, 0.2) is 42.5 Å². The molecule has 0 spiro atoms. The van der Waals surface area contributed by atoms with E-state index in [1.54, 1.807) is 7.11 Å². The molecule has 2 aromatic carbocycles. The van der Waals surface area contributed by atoms with Crippen molar-refractivity contribution < 1.29 is 19.7 Å². The smallest absolute Gasteiger partial charge is 0.124 e. The molecule has 26 heavy (non-hydrogen) atoms. The highest BCUT2D eigenvalue weighted by atomic mass is 16.5. The minimum atomic E-state index is -0.490. The van der Waals surface area contributed by atoms with Gasteiger partial charge in [-0.3, -0.25) is 0 Å². The number of hydrogen-bond donors (Lipinski definition) is 2. The van der Waals surface area contributed by atoms with E-state index in [-0.39, 0.29) is 18.8 Å². The number of methoxy groups -OCH3 is 1. The molecule has 1 heterocycles. The van der Waals surface area contributed by atoms with Crippen LogP contribution in [0.1, 0.15) is 41.2 Å². The summed E-state index contributed by atoms with van der Waals surface area (Å²) in [4.78, 5) is 0. The quantitative estimate of drug-likeness (QED) is 0.813. The maximum Gasteiger partial charge on any atom is 0.124 e. The van der Waals surface area contributed by atoms with Crippen molar-refractivity contribution in [2.75, 3.05) is 13.7 Å². The first-order valence-corrected chi connectivity index (χ1v) is 8.79. The number of aliphatic hydroxyl groups excluding tert-OH is 2. The van der Waals surface area contributed by atoms with Crippen LogP contribution in [0.5, 0.6) is 5.75 Å². The van der Waals surface area contributed by atoms with E-state index >= 15 is 0 Å². The highest BCUT2D eigenvalue weighted by Gasteiger charge is 2.30. The molecule has 4 heteroatoms. The van der Waals surface area contributed by atoms with E-state index in [2.05, 4.69) is 12.0 Å². The molecule has 3 rings (SSSR count). The lowest BCUT2D eigenvalue weighted by Gasteiger charge is -2.33. The lowest BCUT2D eigenvalue weighted by atomic mass is 9.93. The molecule has 0 radical (unpaired) electrons. The number of rotatable bonds is 5. The lowest BCUT2D eigenvalue weighted by Crippen LogP contribution is -2.33. The number of benzene rings is 2. The summed E-state index contributed by atoms with van der Waals surface area (Å²) < 4.78 is 11.4. The van der Waals surface area contributed by atoms with E-state index in [0.29, 0.717) is 12.8 Å². The summed E-state index contributed by atoms with van der Waals surface area (Å²) in [7, 11) is 1.62. The van der Waals surface area contributed by atoms with Crippen molar-refractivity contribution in [1.29, 1.82) is 0 Å². The Kier molecular flexibility index (Phi) is 5.95. The minimum Gasteiger partial charge on any atom is -0.496 e. The van der Waals surface area contributed by atoms with Gasteiger partial charge in [0.15, 0.2) is 0 Å². The maximum atomic E-state index is 10.1. The number of terminal acetylenes is 1. The average molecular weight is 352 g/mol. The first kappa shape index (κ1) is 18.5. The number of aliphatic hydroxyl groups is 2. The van der Waals surface area contributed by atoms with Crippen molar-refractivity contribution in [1.82, 2.24) is 0 Å². The van der Waals surface area contributed by atoms with Crippen molar-refractivity contribution >= 4 is 0 Å². The van der Waals surface area contributed by atoms with Crippen molar-refractivity contribution in [3.05, 3.63) is 64.7 Å². The highest BCUT2D eigenvalue weighted by Crippen LogP contribution is 2.37. The Morgan fingerprint density at radius 1 is 1.15 bits per heavy atom. The van der Waals surface area contributed by atoms with Crippen LogP contribution >= 0.6 is 0 Å². The van der Waals surface area contributed by atoms with Gasteiger partial charge in [-0.25, -0.2) is 0 Å². The van der Waals surface area contributed by atoms with Gasteiger partial charge in [0.05, 0.1) is 32.0 Å². The zero-order chi connectivity index (χ0) is 18.5. The molecule has 1 saturated heterocycles. The van der Waals surface area contributed by atoms with E-state index in [1.807, 2.05) is 36.4 Å². The predicted octanol–water partition coefficient (Wildman–Crippen LogP) is 2.84. The maximum absolute atomic E-state index is 10.1. The summed E-state index contributed by atoms with van der Waals surface area (Å²) in [6, 6.07) is 14.0. The fourth-order valence-electron chi connectivity index (χ4n) is 3.41. The third-order valence-electron chi connectivity index (χ3n) is 4.75. The number of ether oxygens (including phenoxy) is 2. The first-order chi connectivity index (χ1) is 12.6. The Bertz CT molecular complexity index is 776. The van der Waals surface area contributed by atoms with Gasteiger partial charge in [-0.1, -0.05) is 24.1 Å². The first-order valence-electron chi connectivity index (χ1n) is 8.79. The summed E-state index contributed by atoms with van der Waals surface area (Å²) in [5.41, 5.74) is 4.06. The van der Waals surface area contributed by atoms with Crippen LogP contribution in [0.2, 0.25) is 0 Å². The Labute approximate surface area is 154 Å². The monoisotopic (exact) mass is 352 g/mol. The van der Waals surface area contributed by atoms with Crippen molar-refractivity contribution in [2.45, 2.75) is 37.6 Å². The van der Waals surface area contributed by atoms with E-state index in [0.717, 1.165) is 34.4 Å². The van der Waals surface area contributed by atoms with Gasteiger partial charge in [-0.15, -0.1) is 6.42 Å². The zero-order valence-corrected chi connectivity index (χ0v) is 14.9. The Morgan fingerprint density at radius 3 is 2.54 bits per heavy atom. The molecule has 0 amide bonds. The molecular weight excluding hydrogens is 328 g/mol. The molecule has 0 saturated carbocycles. The average Bonchev–Trinajstić information content (AvgIpc) is 2.68. The fraction of sp³-hybridized carbons (Fsp3) is 0.364. The van der Waals surface area contributed by atoms with Gasteiger partial charge in [0.1, 0.15) is 5.75 Å². The summed E-state index contributed by atoms with van der Waals surface area (Å²) >= 11 is 0. The molecule has 0 aliphatic carbocycles. The SMILES string of the molecule is C#Cc1ccc(Cc2ccc(OC)c(C3CC(O)CC(CO)O3)c2)cc1. The van der Waals surface area contributed by atoms with Crippen LogP contribution in [0.3, 0.4) is 0 Å². The van der Waals surface area contributed by atoms with E-state index in [4.69, 9.17) is 15.9 Å². The predicted molar refractivity (Wildman–Crippen MR) is 100 cm³/mol. The second-order valence-electron chi connectivity index (χ2n) is 6.65. The normalized spacial score (nSPS) is 22.6. The fourth-order valence-corrected chi connectivity index (χ4v) is 3.41. The van der Waals surface area contributed by atoms with Gasteiger partial charge in [0, 0.05) is 24.0 Å². The summed E-state index contributed by atoms with van der Waals surface area (Å²) in [5.74, 6) is 3.35. The van der Waals surface area contributed by atoms with Gasteiger partial charge in [0.2, 0.25) is 0 Å². The topological polar surface area (TPSA) is 58.9 Å². The second-order valence-corrected chi connectivity index (χ2v) is 6.65. The van der Waals surface area contributed by atoms with Crippen molar-refractivity contribution in [2.24, 2.45) is 0 Å². The highest BCUT2D eigenvalue weighted by molar-refractivity contribution is 5.42. The molecule has 1 aliphatic rings. The van der Waals surface area contributed by atoms with Gasteiger partial charge in [-0.2, -0.15) is 0 Å². The molecule has 2 N–H and O–H groups in total. The number of hydrogen-bond acceptors (Lipinski definition) is 4. The zero-order valence-electron chi connectivity index (χ0n) is 14.9. The van der Waals surface area contributed by atoms with Crippen LogP contribution < -0.4 is 4.74 Å². The third kappa shape index (κ3) is 4.25. The molecule has 2 aromatic rings. The molecular formula is C22H24O4. The molecule has 1 aliphatic heterocycles. The summed E-state index contributed by atoms with van der Waals surface area (Å²) in [6.45, 7) is -0.100. The Balaban J connectivity index is 1.85. The van der Waals surface area contributed by atoms with Crippen LogP contribution in [0, 0.1) is 12.3 Å². The molecule has 136 valence electrons. The molecule has 0 aromatic heterocycles. The van der Waals surface area contributed by atoms with Gasteiger partial charge < -0.3 is 19.7 Å². The van der Waals surface area contributed by atoms with E-state index in [9.17, 15) is 10.2 Å². The Hall–Kier alpha value is -2.32. The van der Waals surface area contributed by atoms with Gasteiger partial charge in [0.25, 0.3) is 0 Å².